The van der Waals surface area contributed by atoms with Gasteiger partial charge in [0.1, 0.15) is 12.1 Å². The van der Waals surface area contributed by atoms with E-state index in [9.17, 15) is 14.0 Å². The molecule has 1 aliphatic rings. The average Bonchev–Trinajstić information content (AvgIpc) is 3.32. The van der Waals surface area contributed by atoms with Crippen LogP contribution in [-0.4, -0.2) is 39.5 Å². The lowest BCUT2D eigenvalue weighted by Crippen LogP contribution is -2.39. The van der Waals surface area contributed by atoms with Crippen LogP contribution in [0, 0.1) is 5.82 Å². The number of urea groups is 1. The van der Waals surface area contributed by atoms with Crippen molar-refractivity contribution >= 4 is 29.0 Å². The summed E-state index contributed by atoms with van der Waals surface area (Å²) in [5.41, 5.74) is 1.78. The molecule has 1 aliphatic heterocycles. The van der Waals surface area contributed by atoms with Gasteiger partial charge in [-0.3, -0.25) is 4.57 Å². The van der Waals surface area contributed by atoms with Gasteiger partial charge in [0, 0.05) is 37.6 Å². The maximum absolute atomic E-state index is 13.3. The molecule has 1 fully saturated rings. The molecule has 1 saturated heterocycles. The molecule has 30 heavy (non-hydrogen) atoms. The summed E-state index contributed by atoms with van der Waals surface area (Å²) < 4.78 is 16.0. The lowest BCUT2D eigenvalue weighted by Gasteiger charge is -2.19. The molecule has 0 bridgehead atoms. The van der Waals surface area contributed by atoms with Gasteiger partial charge in [0.05, 0.1) is 10.7 Å². The molecule has 0 aliphatic carbocycles. The fraction of sp³-hybridized carbons (Fsp3) is 0.250. The van der Waals surface area contributed by atoms with Crippen LogP contribution in [0.1, 0.15) is 6.42 Å². The third-order valence-electron chi connectivity index (χ3n) is 4.98. The third kappa shape index (κ3) is 4.16. The Morgan fingerprint density at radius 3 is 2.60 bits per heavy atom. The number of carbonyl (C=O) groups excluding carboxylic acids is 1. The molecule has 156 valence electrons. The number of nitrogens with zero attached hydrogens (tertiary/aromatic N) is 4. The van der Waals surface area contributed by atoms with Crippen LogP contribution in [0.4, 0.5) is 20.6 Å². The predicted molar refractivity (Wildman–Crippen MR) is 113 cm³/mol. The first-order chi connectivity index (χ1) is 14.4. The van der Waals surface area contributed by atoms with E-state index in [1.165, 1.54) is 21.6 Å². The molecule has 4 rings (SSSR count). The second-order valence-electron chi connectivity index (χ2n) is 7.11. The van der Waals surface area contributed by atoms with Crippen molar-refractivity contribution in [3.63, 3.8) is 0 Å². The highest BCUT2D eigenvalue weighted by atomic mass is 35.5. The Labute approximate surface area is 176 Å². The van der Waals surface area contributed by atoms with Crippen molar-refractivity contribution in [3.05, 3.63) is 70.1 Å². The van der Waals surface area contributed by atoms with Gasteiger partial charge in [0.15, 0.2) is 0 Å². The van der Waals surface area contributed by atoms with Gasteiger partial charge in [0.25, 0.3) is 0 Å². The number of hydrogen-bond acceptors (Lipinski definition) is 4. The number of rotatable bonds is 4. The van der Waals surface area contributed by atoms with Crippen LogP contribution in [0.3, 0.4) is 0 Å². The number of benzene rings is 2. The molecule has 2 aromatic carbocycles. The van der Waals surface area contributed by atoms with E-state index in [1.807, 2.05) is 0 Å². The van der Waals surface area contributed by atoms with Crippen molar-refractivity contribution in [2.24, 2.45) is 7.05 Å². The van der Waals surface area contributed by atoms with E-state index >= 15 is 0 Å². The van der Waals surface area contributed by atoms with Crippen molar-refractivity contribution < 1.29 is 9.18 Å². The van der Waals surface area contributed by atoms with E-state index in [2.05, 4.69) is 20.6 Å². The highest BCUT2D eigenvalue weighted by Crippen LogP contribution is 2.25. The summed E-state index contributed by atoms with van der Waals surface area (Å²) in [5, 5.41) is 9.83. The Hall–Kier alpha value is -3.33. The number of amides is 2. The molecule has 0 saturated carbocycles. The first-order valence-electron chi connectivity index (χ1n) is 9.39. The van der Waals surface area contributed by atoms with Crippen molar-refractivity contribution in [1.82, 2.24) is 19.7 Å². The van der Waals surface area contributed by atoms with Gasteiger partial charge in [-0.25, -0.2) is 14.0 Å². The molecule has 0 radical (unpaired) electrons. The second-order valence-corrected chi connectivity index (χ2v) is 7.52. The predicted octanol–water partition coefficient (Wildman–Crippen LogP) is 2.76. The Bertz CT molecular complexity index is 1130. The zero-order valence-electron chi connectivity index (χ0n) is 16.2. The summed E-state index contributed by atoms with van der Waals surface area (Å²) in [6.45, 7) is 1.34. The number of anilines is 2. The molecular formula is C20H20ClFN6O2. The van der Waals surface area contributed by atoms with Gasteiger partial charge >= 0.3 is 11.7 Å². The Morgan fingerprint density at radius 2 is 1.93 bits per heavy atom. The third-order valence-corrected chi connectivity index (χ3v) is 5.27. The summed E-state index contributed by atoms with van der Waals surface area (Å²) in [6, 6.07) is 11.1. The lowest BCUT2D eigenvalue weighted by molar-refractivity contribution is 0.249. The van der Waals surface area contributed by atoms with Crippen molar-refractivity contribution in [2.45, 2.75) is 12.5 Å². The fourth-order valence-electron chi connectivity index (χ4n) is 3.39. The van der Waals surface area contributed by atoms with E-state index in [0.29, 0.717) is 17.9 Å². The van der Waals surface area contributed by atoms with E-state index < -0.39 is 5.82 Å². The highest BCUT2D eigenvalue weighted by Gasteiger charge is 2.24. The number of aryl methyl sites for hydroxylation is 1. The second kappa shape index (κ2) is 8.19. The molecule has 10 heteroatoms. The van der Waals surface area contributed by atoms with Crippen molar-refractivity contribution in [3.8, 4) is 5.69 Å². The summed E-state index contributed by atoms with van der Waals surface area (Å²) in [4.78, 5) is 26.3. The van der Waals surface area contributed by atoms with Crippen LogP contribution in [0.2, 0.25) is 5.02 Å². The topological polar surface area (TPSA) is 84.2 Å². The van der Waals surface area contributed by atoms with Crippen LogP contribution in [0.15, 0.2) is 53.6 Å². The molecule has 8 nitrogen and oxygen atoms in total. The van der Waals surface area contributed by atoms with Crippen LogP contribution >= 0.6 is 11.6 Å². The average molecular weight is 431 g/mol. The van der Waals surface area contributed by atoms with E-state index in [4.69, 9.17) is 11.6 Å². The Morgan fingerprint density at radius 1 is 1.20 bits per heavy atom. The normalized spacial score (nSPS) is 16.0. The SMILES string of the molecule is Cn1cnn(-c2ccc(NC(=O)NC3CCN(c4ccc(F)c(Cl)c4)C3)cc2)c1=O. The minimum absolute atomic E-state index is 0.0415. The smallest absolute Gasteiger partial charge is 0.350 e. The number of aromatic nitrogens is 3. The van der Waals surface area contributed by atoms with Gasteiger partial charge < -0.3 is 15.5 Å². The van der Waals surface area contributed by atoms with Gasteiger partial charge in [-0.05, 0) is 48.9 Å². The maximum Gasteiger partial charge on any atom is 0.350 e. The minimum atomic E-state index is -0.451. The van der Waals surface area contributed by atoms with Gasteiger partial charge in [-0.2, -0.15) is 9.78 Å². The zero-order valence-corrected chi connectivity index (χ0v) is 16.9. The lowest BCUT2D eigenvalue weighted by atomic mass is 10.2. The molecule has 1 aromatic heterocycles. The zero-order chi connectivity index (χ0) is 21.3. The first-order valence-corrected chi connectivity index (χ1v) is 9.77. The molecule has 0 spiro atoms. The van der Waals surface area contributed by atoms with Gasteiger partial charge in [-0.15, -0.1) is 0 Å². The largest absolute Gasteiger partial charge is 0.369 e. The molecule has 1 atom stereocenters. The van der Waals surface area contributed by atoms with E-state index in [1.54, 1.807) is 43.4 Å². The molecule has 1 unspecified atom stereocenters. The van der Waals surface area contributed by atoms with Gasteiger partial charge in [0.2, 0.25) is 0 Å². The number of carbonyl (C=O) groups is 1. The van der Waals surface area contributed by atoms with E-state index in [-0.39, 0.29) is 22.8 Å². The maximum atomic E-state index is 13.3. The van der Waals surface area contributed by atoms with Crippen LogP contribution in [-0.2, 0) is 7.05 Å². The Balaban J connectivity index is 1.33. The molecular weight excluding hydrogens is 411 g/mol. The minimum Gasteiger partial charge on any atom is -0.369 e. The monoisotopic (exact) mass is 430 g/mol. The number of halogens is 2. The van der Waals surface area contributed by atoms with Crippen molar-refractivity contribution in [1.29, 1.82) is 0 Å². The molecule has 2 heterocycles. The highest BCUT2D eigenvalue weighted by molar-refractivity contribution is 6.31. The molecule has 2 amide bonds. The van der Waals surface area contributed by atoms with Crippen LogP contribution in [0.25, 0.3) is 5.69 Å². The van der Waals surface area contributed by atoms with Gasteiger partial charge in [-0.1, -0.05) is 11.6 Å². The van der Waals surface area contributed by atoms with E-state index in [0.717, 1.165) is 18.7 Å². The fourth-order valence-corrected chi connectivity index (χ4v) is 3.56. The summed E-state index contributed by atoms with van der Waals surface area (Å²) in [6.07, 6.45) is 2.21. The summed E-state index contributed by atoms with van der Waals surface area (Å²) in [5.74, 6) is -0.451. The Kier molecular flexibility index (Phi) is 5.45. The summed E-state index contributed by atoms with van der Waals surface area (Å²) >= 11 is 5.86. The van der Waals surface area contributed by atoms with Crippen LogP contribution < -0.4 is 21.2 Å². The van der Waals surface area contributed by atoms with Crippen LogP contribution in [0.5, 0.6) is 0 Å². The number of nitrogens with one attached hydrogen (secondary N) is 2. The van der Waals surface area contributed by atoms with Crippen molar-refractivity contribution in [2.75, 3.05) is 23.3 Å². The standard InChI is InChI=1S/C20H20ClFN6O2/c1-26-12-23-28(20(26)30)15-4-2-13(3-5-15)24-19(29)25-14-8-9-27(11-14)16-6-7-18(22)17(21)10-16/h2-7,10,12,14H,8-9,11H2,1H3,(H2,24,25,29). The number of hydrogen-bond donors (Lipinski definition) is 2. The molecule has 2 N–H and O–H groups in total. The quantitative estimate of drug-likeness (QED) is 0.666. The first kappa shape index (κ1) is 20.0. The summed E-state index contributed by atoms with van der Waals surface area (Å²) in [7, 11) is 1.63. The molecule has 3 aromatic rings.